The molecule has 3 rings (SSSR count). The van der Waals surface area contributed by atoms with Crippen LogP contribution < -0.4 is 4.90 Å². The third kappa shape index (κ3) is 2.33. The van der Waals surface area contributed by atoms with Gasteiger partial charge in [0.1, 0.15) is 15.8 Å². The number of halogens is 2. The molecule has 7 heteroatoms. The van der Waals surface area contributed by atoms with Crippen LogP contribution >= 0.6 is 23.1 Å². The van der Waals surface area contributed by atoms with Crippen LogP contribution in [0.2, 0.25) is 4.34 Å². The number of aryl methyl sites for hydroxylation is 1. The van der Waals surface area contributed by atoms with Crippen molar-refractivity contribution in [1.82, 2.24) is 9.59 Å². The van der Waals surface area contributed by atoms with Crippen molar-refractivity contribution in [1.29, 1.82) is 0 Å². The van der Waals surface area contributed by atoms with Crippen molar-refractivity contribution in [2.75, 3.05) is 4.90 Å². The highest BCUT2D eigenvalue weighted by Crippen LogP contribution is 2.31. The molecule has 0 radical (unpaired) electrons. The lowest BCUT2D eigenvalue weighted by Gasteiger charge is -2.28. The molecule has 0 saturated heterocycles. The molecule has 0 bridgehead atoms. The fourth-order valence-electron chi connectivity index (χ4n) is 2.14. The van der Waals surface area contributed by atoms with Crippen LogP contribution in [0, 0.1) is 5.82 Å². The molecule has 2 heterocycles. The van der Waals surface area contributed by atoms with E-state index in [4.69, 9.17) is 11.6 Å². The summed E-state index contributed by atoms with van der Waals surface area (Å²) < 4.78 is 17.4. The average molecular weight is 298 g/mol. The van der Waals surface area contributed by atoms with Gasteiger partial charge in [-0.1, -0.05) is 16.1 Å². The Bertz CT molecular complexity index is 646. The Labute approximate surface area is 118 Å². The molecule has 0 aliphatic carbocycles. The molecule has 1 aromatic heterocycles. The molecule has 98 valence electrons. The predicted molar refractivity (Wildman–Crippen MR) is 70.8 cm³/mol. The first kappa shape index (κ1) is 12.5. The van der Waals surface area contributed by atoms with E-state index in [2.05, 4.69) is 9.59 Å². The molecule has 0 N–H and O–H groups in total. The Hall–Kier alpha value is -1.53. The van der Waals surface area contributed by atoms with Crippen LogP contribution in [0.4, 0.5) is 10.1 Å². The molecule has 0 spiro atoms. The van der Waals surface area contributed by atoms with Crippen LogP contribution in [0.15, 0.2) is 18.2 Å². The van der Waals surface area contributed by atoms with Gasteiger partial charge in [-0.15, -0.1) is 5.10 Å². The average Bonchev–Trinajstić information content (AvgIpc) is 2.78. The van der Waals surface area contributed by atoms with E-state index in [0.717, 1.165) is 22.8 Å². The first-order valence-electron chi connectivity index (χ1n) is 5.70. The predicted octanol–water partition coefficient (Wildman–Crippen LogP) is 2.81. The van der Waals surface area contributed by atoms with Crippen molar-refractivity contribution in [3.05, 3.63) is 39.6 Å². The Morgan fingerprint density at radius 3 is 3.00 bits per heavy atom. The number of carbonyl (C=O) groups excluding carboxylic acids is 1. The normalized spacial score (nSPS) is 14.6. The molecule has 0 unspecified atom stereocenters. The maximum Gasteiger partial charge on any atom is 0.227 e. The van der Waals surface area contributed by atoms with Gasteiger partial charge in [-0.3, -0.25) is 4.79 Å². The molecule has 1 aliphatic rings. The van der Waals surface area contributed by atoms with Gasteiger partial charge in [0.15, 0.2) is 0 Å². The second-order valence-corrected chi connectivity index (χ2v) is 5.60. The van der Waals surface area contributed by atoms with Gasteiger partial charge in [-0.2, -0.15) is 0 Å². The highest BCUT2D eigenvalue weighted by Gasteiger charge is 2.26. The molecule has 2 aromatic rings. The van der Waals surface area contributed by atoms with E-state index in [1.54, 1.807) is 11.0 Å². The fraction of sp³-hybridized carbons (Fsp3) is 0.250. The second-order valence-electron chi connectivity index (χ2n) is 4.25. The van der Waals surface area contributed by atoms with E-state index in [1.165, 1.54) is 12.1 Å². The number of nitrogens with zero attached hydrogens (tertiary/aromatic N) is 3. The van der Waals surface area contributed by atoms with Gasteiger partial charge in [0.25, 0.3) is 0 Å². The first-order chi connectivity index (χ1) is 9.15. The van der Waals surface area contributed by atoms with Crippen LogP contribution in [0.25, 0.3) is 0 Å². The monoisotopic (exact) mass is 297 g/mol. The van der Waals surface area contributed by atoms with Crippen LogP contribution in [0.5, 0.6) is 0 Å². The van der Waals surface area contributed by atoms with Crippen molar-refractivity contribution in [3.8, 4) is 0 Å². The lowest BCUT2D eigenvalue weighted by molar-refractivity contribution is -0.119. The number of anilines is 1. The minimum atomic E-state index is -0.290. The summed E-state index contributed by atoms with van der Waals surface area (Å²) in [6, 6.07) is 4.44. The summed E-state index contributed by atoms with van der Waals surface area (Å²) in [5, 5.41) is 3.90. The van der Waals surface area contributed by atoms with Gasteiger partial charge in [-0.25, -0.2) is 4.39 Å². The Kier molecular flexibility index (Phi) is 3.20. The van der Waals surface area contributed by atoms with Crippen molar-refractivity contribution in [3.63, 3.8) is 0 Å². The Morgan fingerprint density at radius 1 is 1.42 bits per heavy atom. The van der Waals surface area contributed by atoms with Crippen LogP contribution in [0.3, 0.4) is 0 Å². The summed E-state index contributed by atoms with van der Waals surface area (Å²) in [5.41, 5.74) is 2.12. The smallest absolute Gasteiger partial charge is 0.227 e. The number of amides is 1. The van der Waals surface area contributed by atoms with Gasteiger partial charge >= 0.3 is 0 Å². The zero-order valence-corrected chi connectivity index (χ0v) is 11.3. The summed E-state index contributed by atoms with van der Waals surface area (Å²) in [5.74, 6) is -0.301. The number of hydrogen-bond donors (Lipinski definition) is 0. The van der Waals surface area contributed by atoms with Gasteiger partial charge in [0.2, 0.25) is 5.91 Å². The summed E-state index contributed by atoms with van der Waals surface area (Å²) >= 11 is 7.04. The Balaban J connectivity index is 1.97. The largest absolute Gasteiger partial charge is 0.306 e. The number of aromatic nitrogens is 2. The van der Waals surface area contributed by atoms with E-state index in [-0.39, 0.29) is 18.3 Å². The summed E-state index contributed by atoms with van der Waals surface area (Å²) in [6.07, 6.45) is 0.928. The lowest BCUT2D eigenvalue weighted by atomic mass is 10.0. The van der Waals surface area contributed by atoms with E-state index in [9.17, 15) is 9.18 Å². The number of carbonyl (C=O) groups is 1. The molecule has 4 nitrogen and oxygen atoms in total. The van der Waals surface area contributed by atoms with Crippen molar-refractivity contribution in [2.45, 2.75) is 19.4 Å². The topological polar surface area (TPSA) is 46.1 Å². The first-order valence-corrected chi connectivity index (χ1v) is 6.86. The molecule has 1 aromatic carbocycles. The molecule has 0 atom stereocenters. The van der Waals surface area contributed by atoms with Crippen molar-refractivity contribution in [2.24, 2.45) is 0 Å². The zero-order valence-electron chi connectivity index (χ0n) is 9.77. The summed E-state index contributed by atoms with van der Waals surface area (Å²) in [4.78, 5) is 13.6. The third-order valence-corrected chi connectivity index (χ3v) is 4.04. The highest BCUT2D eigenvalue weighted by atomic mass is 35.5. The van der Waals surface area contributed by atoms with Gasteiger partial charge < -0.3 is 4.90 Å². The molecular formula is C12H9ClFN3OS. The summed E-state index contributed by atoms with van der Waals surface area (Å²) in [6.45, 7) is 0.271. The molecule has 0 saturated carbocycles. The van der Waals surface area contributed by atoms with E-state index in [0.29, 0.717) is 22.9 Å². The van der Waals surface area contributed by atoms with Gasteiger partial charge in [0, 0.05) is 23.6 Å². The third-order valence-electron chi connectivity index (χ3n) is 3.06. The molecule has 1 aliphatic heterocycles. The van der Waals surface area contributed by atoms with Crippen molar-refractivity contribution >= 4 is 34.7 Å². The maximum absolute atomic E-state index is 13.2. The maximum atomic E-state index is 13.2. The molecular weight excluding hydrogens is 289 g/mol. The molecule has 19 heavy (non-hydrogen) atoms. The van der Waals surface area contributed by atoms with E-state index >= 15 is 0 Å². The Morgan fingerprint density at radius 2 is 2.26 bits per heavy atom. The standard InChI is InChI=1S/C12H9ClFN3OS/c13-12-9(15-16-19-12)6-17-10-3-2-8(14)5-7(10)1-4-11(17)18/h2-3,5H,1,4,6H2. The van der Waals surface area contributed by atoms with E-state index in [1.807, 2.05) is 0 Å². The van der Waals surface area contributed by atoms with Crippen LogP contribution in [0.1, 0.15) is 17.7 Å². The second kappa shape index (κ2) is 4.86. The minimum absolute atomic E-state index is 0.0109. The van der Waals surface area contributed by atoms with Crippen LogP contribution in [-0.2, 0) is 17.8 Å². The summed E-state index contributed by atoms with van der Waals surface area (Å²) in [7, 11) is 0. The van der Waals surface area contributed by atoms with E-state index < -0.39 is 0 Å². The van der Waals surface area contributed by atoms with Crippen LogP contribution in [-0.4, -0.2) is 15.5 Å². The number of fused-ring (bicyclic) bond motifs is 1. The number of benzene rings is 1. The quantitative estimate of drug-likeness (QED) is 0.856. The zero-order chi connectivity index (χ0) is 13.4. The van der Waals surface area contributed by atoms with Gasteiger partial charge in [0.05, 0.1) is 6.54 Å². The molecule has 0 fully saturated rings. The highest BCUT2D eigenvalue weighted by molar-refractivity contribution is 7.10. The molecule has 1 amide bonds. The number of rotatable bonds is 2. The fourth-order valence-corrected chi connectivity index (χ4v) is 2.75. The lowest BCUT2D eigenvalue weighted by Crippen LogP contribution is -2.34. The van der Waals surface area contributed by atoms with Gasteiger partial charge in [-0.05, 0) is 30.2 Å². The minimum Gasteiger partial charge on any atom is -0.306 e. The van der Waals surface area contributed by atoms with Crippen molar-refractivity contribution < 1.29 is 9.18 Å². The number of hydrogen-bond acceptors (Lipinski definition) is 4. The SMILES string of the molecule is O=C1CCc2cc(F)ccc2N1Cc1nnsc1Cl.